The van der Waals surface area contributed by atoms with Crippen molar-refractivity contribution in [2.75, 3.05) is 31.6 Å². The third-order valence-corrected chi connectivity index (χ3v) is 4.85. The summed E-state index contributed by atoms with van der Waals surface area (Å²) in [6, 6.07) is 8.00. The van der Waals surface area contributed by atoms with Crippen LogP contribution < -0.4 is 15.0 Å². The highest BCUT2D eigenvalue weighted by Crippen LogP contribution is 2.25. The third kappa shape index (κ3) is 4.99. The van der Waals surface area contributed by atoms with Crippen LogP contribution in [0.3, 0.4) is 0 Å². The first kappa shape index (κ1) is 19.2. The van der Waals surface area contributed by atoms with Crippen molar-refractivity contribution >= 4 is 11.9 Å². The van der Waals surface area contributed by atoms with Gasteiger partial charge in [0, 0.05) is 25.2 Å². The highest BCUT2D eigenvalue weighted by atomic mass is 16.5. The van der Waals surface area contributed by atoms with Gasteiger partial charge in [-0.05, 0) is 49.4 Å². The molecule has 0 radical (unpaired) electrons. The lowest BCUT2D eigenvalue weighted by Crippen LogP contribution is -2.43. The number of rotatable bonds is 7. The highest BCUT2D eigenvalue weighted by molar-refractivity contribution is 5.79. The molecular formula is C20H28N4O3. The van der Waals surface area contributed by atoms with Crippen molar-refractivity contribution < 1.29 is 14.1 Å². The lowest BCUT2D eigenvalue weighted by molar-refractivity contribution is -0.125. The molecule has 1 aromatic carbocycles. The van der Waals surface area contributed by atoms with Gasteiger partial charge in [0.1, 0.15) is 5.75 Å². The van der Waals surface area contributed by atoms with Gasteiger partial charge < -0.3 is 19.5 Å². The maximum Gasteiger partial charge on any atom is 0.324 e. The molecule has 0 bridgehead atoms. The van der Waals surface area contributed by atoms with Gasteiger partial charge in [0.05, 0.1) is 13.0 Å². The standard InChI is InChI=1S/C20H28N4O3/c1-14(2)10-11-21-19(25)16-5-4-12-24(13-16)20-22-18(23-27-20)15-6-8-17(26-3)9-7-15/h6-9,14,16H,4-5,10-13H2,1-3H3,(H,21,25)/t16-/m0/s1. The minimum Gasteiger partial charge on any atom is -0.497 e. The summed E-state index contributed by atoms with van der Waals surface area (Å²) in [5.74, 6) is 1.99. The summed E-state index contributed by atoms with van der Waals surface area (Å²) < 4.78 is 10.6. The molecule has 1 amide bonds. The first-order valence-corrected chi connectivity index (χ1v) is 9.57. The van der Waals surface area contributed by atoms with E-state index >= 15 is 0 Å². The summed E-state index contributed by atoms with van der Waals surface area (Å²) in [5.41, 5.74) is 0.866. The lowest BCUT2D eigenvalue weighted by Gasteiger charge is -2.30. The fraction of sp³-hybridized carbons (Fsp3) is 0.550. The maximum atomic E-state index is 12.4. The van der Waals surface area contributed by atoms with Crippen molar-refractivity contribution in [1.29, 1.82) is 0 Å². The van der Waals surface area contributed by atoms with Gasteiger partial charge in [-0.1, -0.05) is 19.0 Å². The number of ether oxygens (including phenoxy) is 1. The average molecular weight is 372 g/mol. The van der Waals surface area contributed by atoms with Crippen molar-refractivity contribution in [3.8, 4) is 17.1 Å². The SMILES string of the molecule is COc1ccc(-c2noc(N3CCC[C@H](C(=O)NCCC(C)C)C3)n2)cc1. The number of hydrogen-bond donors (Lipinski definition) is 1. The minimum absolute atomic E-state index is 0.0396. The van der Waals surface area contributed by atoms with Gasteiger partial charge >= 0.3 is 6.01 Å². The Morgan fingerprint density at radius 3 is 2.85 bits per heavy atom. The number of methoxy groups -OCH3 is 1. The van der Waals surface area contributed by atoms with Crippen LogP contribution in [0.2, 0.25) is 0 Å². The van der Waals surface area contributed by atoms with Gasteiger partial charge in [-0.3, -0.25) is 4.79 Å². The monoisotopic (exact) mass is 372 g/mol. The lowest BCUT2D eigenvalue weighted by atomic mass is 9.97. The molecule has 0 aliphatic carbocycles. The summed E-state index contributed by atoms with van der Waals surface area (Å²) in [6.45, 7) is 6.47. The predicted octanol–water partition coefficient (Wildman–Crippen LogP) is 3.12. The largest absolute Gasteiger partial charge is 0.497 e. The Bertz CT molecular complexity index is 742. The van der Waals surface area contributed by atoms with Gasteiger partial charge in [-0.15, -0.1) is 0 Å². The van der Waals surface area contributed by atoms with E-state index in [4.69, 9.17) is 9.26 Å². The summed E-state index contributed by atoms with van der Waals surface area (Å²) >= 11 is 0. The van der Waals surface area contributed by atoms with Gasteiger partial charge in [0.15, 0.2) is 0 Å². The van der Waals surface area contributed by atoms with Gasteiger partial charge in [0.2, 0.25) is 11.7 Å². The molecule has 1 saturated heterocycles. The molecule has 1 aromatic heterocycles. The molecule has 7 nitrogen and oxygen atoms in total. The number of aromatic nitrogens is 2. The van der Waals surface area contributed by atoms with E-state index in [1.807, 2.05) is 29.2 Å². The van der Waals surface area contributed by atoms with Crippen molar-refractivity contribution in [2.45, 2.75) is 33.1 Å². The molecule has 1 N–H and O–H groups in total. The number of benzene rings is 1. The van der Waals surface area contributed by atoms with Crippen LogP contribution in [0.15, 0.2) is 28.8 Å². The Labute approximate surface area is 160 Å². The van der Waals surface area contributed by atoms with Crippen molar-refractivity contribution in [3.63, 3.8) is 0 Å². The molecule has 2 heterocycles. The average Bonchev–Trinajstić information content (AvgIpc) is 3.18. The first-order chi connectivity index (χ1) is 13.1. The zero-order valence-corrected chi connectivity index (χ0v) is 16.3. The van der Waals surface area contributed by atoms with Crippen LogP contribution in [0.1, 0.15) is 33.1 Å². The summed E-state index contributed by atoms with van der Waals surface area (Å²) in [7, 11) is 1.63. The molecule has 0 saturated carbocycles. The second kappa shape index (κ2) is 8.88. The number of anilines is 1. The molecule has 3 rings (SSSR count). The van der Waals surface area contributed by atoms with E-state index in [2.05, 4.69) is 29.3 Å². The fourth-order valence-corrected chi connectivity index (χ4v) is 3.19. The number of nitrogens with one attached hydrogen (secondary N) is 1. The molecule has 1 aliphatic rings. The summed E-state index contributed by atoms with van der Waals surface area (Å²) in [5, 5.41) is 7.14. The van der Waals surface area contributed by atoms with Crippen LogP contribution in [0.4, 0.5) is 6.01 Å². The normalized spacial score (nSPS) is 17.2. The van der Waals surface area contributed by atoms with E-state index < -0.39 is 0 Å². The van der Waals surface area contributed by atoms with Gasteiger partial charge in [-0.2, -0.15) is 4.98 Å². The molecule has 0 unspecified atom stereocenters. The molecule has 1 aliphatic heterocycles. The summed E-state index contributed by atoms with van der Waals surface area (Å²) in [4.78, 5) is 19.0. The van der Waals surface area contributed by atoms with Crippen LogP contribution in [-0.2, 0) is 4.79 Å². The van der Waals surface area contributed by atoms with Crippen molar-refractivity contribution in [3.05, 3.63) is 24.3 Å². The molecule has 2 aromatic rings. The topological polar surface area (TPSA) is 80.5 Å². The van der Waals surface area contributed by atoms with E-state index in [1.165, 1.54) is 0 Å². The number of hydrogen-bond acceptors (Lipinski definition) is 6. The van der Waals surface area contributed by atoms with Crippen molar-refractivity contribution in [1.82, 2.24) is 15.5 Å². The Morgan fingerprint density at radius 2 is 2.15 bits per heavy atom. The Morgan fingerprint density at radius 1 is 1.37 bits per heavy atom. The zero-order chi connectivity index (χ0) is 19.2. The molecule has 7 heteroatoms. The smallest absolute Gasteiger partial charge is 0.324 e. The first-order valence-electron chi connectivity index (χ1n) is 9.57. The molecule has 27 heavy (non-hydrogen) atoms. The third-order valence-electron chi connectivity index (χ3n) is 4.85. The van der Waals surface area contributed by atoms with E-state index in [0.29, 0.717) is 24.3 Å². The number of piperidine rings is 1. The van der Waals surface area contributed by atoms with Crippen LogP contribution in [0.5, 0.6) is 5.75 Å². The quantitative estimate of drug-likeness (QED) is 0.804. The zero-order valence-electron chi connectivity index (χ0n) is 16.3. The number of nitrogens with zero attached hydrogens (tertiary/aromatic N) is 3. The Kier molecular flexibility index (Phi) is 6.32. The van der Waals surface area contributed by atoms with Gasteiger partial charge in [-0.25, -0.2) is 0 Å². The number of carbonyl (C=O) groups excluding carboxylic acids is 1. The highest BCUT2D eigenvalue weighted by Gasteiger charge is 2.28. The second-order valence-electron chi connectivity index (χ2n) is 7.39. The fourth-order valence-electron chi connectivity index (χ4n) is 3.19. The molecule has 1 atom stereocenters. The van der Waals surface area contributed by atoms with Crippen LogP contribution in [0, 0.1) is 11.8 Å². The molecular weight excluding hydrogens is 344 g/mol. The minimum atomic E-state index is -0.0396. The second-order valence-corrected chi connectivity index (χ2v) is 7.39. The molecule has 146 valence electrons. The van der Waals surface area contributed by atoms with Gasteiger partial charge in [0.25, 0.3) is 0 Å². The molecule has 1 fully saturated rings. The Hall–Kier alpha value is -2.57. The van der Waals surface area contributed by atoms with Crippen molar-refractivity contribution in [2.24, 2.45) is 11.8 Å². The summed E-state index contributed by atoms with van der Waals surface area (Å²) in [6.07, 6.45) is 2.82. The van der Waals surface area contributed by atoms with E-state index in [1.54, 1.807) is 7.11 Å². The van der Waals surface area contributed by atoms with E-state index in [9.17, 15) is 4.79 Å². The number of amides is 1. The predicted molar refractivity (Wildman–Crippen MR) is 104 cm³/mol. The Balaban J connectivity index is 1.61. The number of carbonyl (C=O) groups is 1. The van der Waals surface area contributed by atoms with E-state index in [-0.39, 0.29) is 11.8 Å². The molecule has 0 spiro atoms. The van der Waals surface area contributed by atoms with Crippen LogP contribution in [-0.4, -0.2) is 42.8 Å². The maximum absolute atomic E-state index is 12.4. The van der Waals surface area contributed by atoms with Crippen LogP contribution in [0.25, 0.3) is 11.4 Å². The van der Waals surface area contributed by atoms with Crippen LogP contribution >= 0.6 is 0 Å². The van der Waals surface area contributed by atoms with E-state index in [0.717, 1.165) is 43.7 Å².